The molecular weight excluding hydrogens is 346 g/mol. The van der Waals surface area contributed by atoms with E-state index in [2.05, 4.69) is 4.99 Å². The molecule has 7 heteroatoms. The van der Waals surface area contributed by atoms with E-state index in [1.54, 1.807) is 13.4 Å². The van der Waals surface area contributed by atoms with Gasteiger partial charge in [-0.2, -0.15) is 0 Å². The van der Waals surface area contributed by atoms with E-state index < -0.39 is 17.3 Å². The van der Waals surface area contributed by atoms with Gasteiger partial charge in [0.15, 0.2) is 0 Å². The molecule has 1 fully saturated rings. The summed E-state index contributed by atoms with van der Waals surface area (Å²) >= 11 is 0. The second-order valence-corrected chi connectivity index (χ2v) is 8.02. The van der Waals surface area contributed by atoms with Gasteiger partial charge >= 0.3 is 6.09 Å². The van der Waals surface area contributed by atoms with Crippen molar-refractivity contribution in [2.45, 2.75) is 45.8 Å². The fourth-order valence-corrected chi connectivity index (χ4v) is 2.80. The first-order valence-corrected chi connectivity index (χ1v) is 9.13. The van der Waals surface area contributed by atoms with Crippen LogP contribution in [0.1, 0.15) is 38.8 Å². The predicted octanol–water partition coefficient (Wildman–Crippen LogP) is 3.05. The molecule has 1 aromatic carbocycles. The molecule has 0 unspecified atom stereocenters. The first-order chi connectivity index (χ1) is 12.5. The van der Waals surface area contributed by atoms with Gasteiger partial charge in [0, 0.05) is 25.2 Å². The molecule has 1 heterocycles. The van der Waals surface area contributed by atoms with Crippen molar-refractivity contribution in [2.75, 3.05) is 33.8 Å². The molecule has 27 heavy (non-hydrogen) atoms. The van der Waals surface area contributed by atoms with Gasteiger partial charge in [0.1, 0.15) is 17.0 Å². The van der Waals surface area contributed by atoms with Crippen LogP contribution in [0.4, 0.5) is 10.5 Å². The number of likely N-dealkylation sites (tertiary alicyclic amines) is 1. The van der Waals surface area contributed by atoms with E-state index in [0.717, 1.165) is 17.8 Å². The Morgan fingerprint density at radius 3 is 2.56 bits per heavy atom. The monoisotopic (exact) mass is 377 g/mol. The number of rotatable bonds is 5. The third kappa shape index (κ3) is 4.91. The minimum atomic E-state index is -1.16. The number of β-amino-alcohol motifs (C(OH)–C–C–N with tert-alkyl or cyclic N) is 1. The Hall–Kier alpha value is -2.28. The van der Waals surface area contributed by atoms with Crippen molar-refractivity contribution in [1.29, 1.82) is 0 Å². The van der Waals surface area contributed by atoms with E-state index in [-0.39, 0.29) is 13.1 Å². The minimum absolute atomic E-state index is 0.166. The Balaban J connectivity index is 2.20. The zero-order valence-electron chi connectivity index (χ0n) is 17.4. The van der Waals surface area contributed by atoms with Crippen molar-refractivity contribution in [2.24, 2.45) is 4.99 Å². The van der Waals surface area contributed by atoms with Gasteiger partial charge in [0.2, 0.25) is 0 Å². The third-order valence-electron chi connectivity index (χ3n) is 4.47. The Labute approximate surface area is 161 Å². The highest BCUT2D eigenvalue weighted by Crippen LogP contribution is 2.41. The third-order valence-corrected chi connectivity index (χ3v) is 4.47. The maximum Gasteiger partial charge on any atom is 0.410 e. The van der Waals surface area contributed by atoms with E-state index in [4.69, 9.17) is 9.47 Å². The Kier molecular flexibility index (Phi) is 6.04. The highest BCUT2D eigenvalue weighted by molar-refractivity contribution is 5.71. The van der Waals surface area contributed by atoms with Gasteiger partial charge in [-0.3, -0.25) is 0 Å². The summed E-state index contributed by atoms with van der Waals surface area (Å²) in [5.74, 6) is 0.554. The molecule has 150 valence electrons. The summed E-state index contributed by atoms with van der Waals surface area (Å²) < 4.78 is 10.8. The average molecular weight is 377 g/mol. The van der Waals surface area contributed by atoms with Gasteiger partial charge in [0.25, 0.3) is 0 Å². The van der Waals surface area contributed by atoms with Crippen LogP contribution in [0.25, 0.3) is 0 Å². The van der Waals surface area contributed by atoms with Crippen molar-refractivity contribution >= 4 is 18.1 Å². The van der Waals surface area contributed by atoms with E-state index >= 15 is 0 Å². The van der Waals surface area contributed by atoms with Gasteiger partial charge in [-0.05, 0) is 46.2 Å². The van der Waals surface area contributed by atoms with Crippen LogP contribution >= 0.6 is 0 Å². The summed E-state index contributed by atoms with van der Waals surface area (Å²) in [5, 5.41) is 11.0. The van der Waals surface area contributed by atoms with E-state index in [9.17, 15) is 9.90 Å². The molecule has 0 aromatic heterocycles. The van der Waals surface area contributed by atoms with E-state index in [0.29, 0.717) is 11.3 Å². The van der Waals surface area contributed by atoms with Crippen LogP contribution in [-0.4, -0.2) is 66.7 Å². The maximum atomic E-state index is 12.2. The molecule has 1 aliphatic heterocycles. The van der Waals surface area contributed by atoms with Crippen LogP contribution in [0.15, 0.2) is 17.1 Å². The molecular formula is C20H31N3O4. The quantitative estimate of drug-likeness (QED) is 0.631. The van der Waals surface area contributed by atoms with Gasteiger partial charge in [-0.25, -0.2) is 9.79 Å². The number of aryl methyl sites for hydroxylation is 1. The van der Waals surface area contributed by atoms with Gasteiger partial charge in [-0.15, -0.1) is 0 Å². The Morgan fingerprint density at radius 2 is 2.04 bits per heavy atom. The number of amides is 1. The second-order valence-electron chi connectivity index (χ2n) is 8.02. The fourth-order valence-electron chi connectivity index (χ4n) is 2.80. The van der Waals surface area contributed by atoms with Crippen LogP contribution in [0, 0.1) is 6.92 Å². The zero-order chi connectivity index (χ0) is 20.4. The lowest BCUT2D eigenvalue weighted by molar-refractivity contribution is -0.104. The lowest BCUT2D eigenvalue weighted by atomic mass is 9.84. The Morgan fingerprint density at radius 1 is 1.41 bits per heavy atom. The topological polar surface area (TPSA) is 74.6 Å². The molecule has 1 amide bonds. The Bertz CT molecular complexity index is 719. The number of aliphatic hydroxyl groups is 1. The molecule has 7 nitrogen and oxygen atoms in total. The largest absolute Gasteiger partial charge is 0.496 e. The molecule has 0 saturated carbocycles. The number of nitrogens with zero attached hydrogens (tertiary/aromatic N) is 3. The van der Waals surface area contributed by atoms with E-state index in [1.807, 2.05) is 58.7 Å². The summed E-state index contributed by atoms with van der Waals surface area (Å²) in [6, 6.07) is 3.70. The van der Waals surface area contributed by atoms with Crippen molar-refractivity contribution in [1.82, 2.24) is 9.80 Å². The molecule has 0 atom stereocenters. The summed E-state index contributed by atoms with van der Waals surface area (Å²) in [4.78, 5) is 20.1. The second kappa shape index (κ2) is 7.76. The van der Waals surface area contributed by atoms with Crippen LogP contribution < -0.4 is 4.74 Å². The first-order valence-electron chi connectivity index (χ1n) is 9.13. The number of hydrogen-bond donors (Lipinski definition) is 1. The van der Waals surface area contributed by atoms with Gasteiger partial charge in [0.05, 0.1) is 32.2 Å². The maximum absolute atomic E-state index is 12.2. The smallest absolute Gasteiger partial charge is 0.410 e. The van der Waals surface area contributed by atoms with Crippen LogP contribution in [0.2, 0.25) is 0 Å². The highest BCUT2D eigenvalue weighted by atomic mass is 16.6. The molecule has 0 bridgehead atoms. The standard InChI is InChI=1S/C20H31N3O4/c1-8-22(6)13-21-16-10-17(26-7)15(9-14(16)2)20(25)11-23(12-20)18(24)27-19(3,4)5/h9-10,13,25H,8,11-12H2,1-7H3. The minimum Gasteiger partial charge on any atom is -0.496 e. The molecule has 2 rings (SSSR count). The number of methoxy groups -OCH3 is 1. The average Bonchev–Trinajstić information content (AvgIpc) is 2.55. The molecule has 1 aliphatic rings. The number of aliphatic imine (C=N–C) groups is 1. The fraction of sp³-hybridized carbons (Fsp3) is 0.600. The molecule has 0 radical (unpaired) electrons. The summed E-state index contributed by atoms with van der Waals surface area (Å²) in [6.07, 6.45) is 1.34. The molecule has 1 saturated heterocycles. The van der Waals surface area contributed by atoms with E-state index in [1.165, 1.54) is 4.90 Å². The van der Waals surface area contributed by atoms with Crippen molar-refractivity contribution in [3.63, 3.8) is 0 Å². The number of benzene rings is 1. The molecule has 1 aromatic rings. The number of ether oxygens (including phenoxy) is 2. The van der Waals surface area contributed by atoms with Crippen molar-refractivity contribution < 1.29 is 19.4 Å². The van der Waals surface area contributed by atoms with Crippen LogP contribution in [-0.2, 0) is 10.3 Å². The van der Waals surface area contributed by atoms with Crippen molar-refractivity contribution in [3.05, 3.63) is 23.3 Å². The van der Waals surface area contributed by atoms with Gasteiger partial charge in [-0.1, -0.05) is 0 Å². The number of carbonyl (C=O) groups excluding carboxylic acids is 1. The molecule has 0 aliphatic carbocycles. The predicted molar refractivity (Wildman–Crippen MR) is 106 cm³/mol. The van der Waals surface area contributed by atoms with Gasteiger partial charge < -0.3 is 24.4 Å². The summed E-state index contributed by atoms with van der Waals surface area (Å²) in [6.45, 7) is 10.6. The lowest BCUT2D eigenvalue weighted by Gasteiger charge is -2.47. The number of carbonyl (C=O) groups is 1. The number of hydrogen-bond acceptors (Lipinski definition) is 5. The molecule has 1 N–H and O–H groups in total. The molecule has 0 spiro atoms. The zero-order valence-corrected chi connectivity index (χ0v) is 17.4. The lowest BCUT2D eigenvalue weighted by Crippen LogP contribution is -2.62. The summed E-state index contributed by atoms with van der Waals surface area (Å²) in [5.41, 5.74) is 0.642. The first kappa shape index (κ1) is 21.0. The highest BCUT2D eigenvalue weighted by Gasteiger charge is 2.48. The summed E-state index contributed by atoms with van der Waals surface area (Å²) in [7, 11) is 3.51. The SMILES string of the molecule is CCN(C)C=Nc1cc(OC)c(C2(O)CN(C(=O)OC(C)(C)C)C2)cc1C. The van der Waals surface area contributed by atoms with Crippen molar-refractivity contribution in [3.8, 4) is 5.75 Å². The normalized spacial score (nSPS) is 16.2. The van der Waals surface area contributed by atoms with Crippen LogP contribution in [0.3, 0.4) is 0 Å². The van der Waals surface area contributed by atoms with Crippen LogP contribution in [0.5, 0.6) is 5.75 Å².